The van der Waals surface area contributed by atoms with Gasteiger partial charge in [0.15, 0.2) is 9.84 Å². The van der Waals surface area contributed by atoms with Crippen LogP contribution >= 0.6 is 0 Å². The van der Waals surface area contributed by atoms with E-state index in [0.29, 0.717) is 12.8 Å². The topological polar surface area (TPSA) is 109 Å². The molecule has 3 atom stereocenters. The van der Waals surface area contributed by atoms with Crippen molar-refractivity contribution in [3.63, 3.8) is 0 Å². The summed E-state index contributed by atoms with van der Waals surface area (Å²) in [5, 5.41) is 9.41. The van der Waals surface area contributed by atoms with Crippen LogP contribution in [0.4, 0.5) is 0 Å². The zero-order valence-electron chi connectivity index (χ0n) is 13.1. The van der Waals surface area contributed by atoms with E-state index in [4.69, 9.17) is 0 Å². The lowest BCUT2D eigenvalue weighted by Gasteiger charge is -2.26. The molecule has 132 valence electrons. The number of sulfonamides is 1. The highest BCUT2D eigenvalue weighted by atomic mass is 32.2. The molecule has 2 aliphatic rings. The Morgan fingerprint density at radius 1 is 1.08 bits per heavy atom. The Kier molecular flexibility index (Phi) is 4.21. The zero-order chi connectivity index (χ0) is 17.7. The summed E-state index contributed by atoms with van der Waals surface area (Å²) in [6, 6.07) is 3.59. The number of aliphatic carboxylic acids is 1. The average molecular weight is 373 g/mol. The van der Waals surface area contributed by atoms with Gasteiger partial charge in [-0.1, -0.05) is 6.42 Å². The highest BCUT2D eigenvalue weighted by Gasteiger charge is 2.52. The Morgan fingerprint density at radius 2 is 1.67 bits per heavy atom. The number of hydrogen-bond donors (Lipinski definition) is 1. The first-order chi connectivity index (χ1) is 11.1. The van der Waals surface area contributed by atoms with Gasteiger partial charge in [-0.25, -0.2) is 16.8 Å². The molecule has 1 aliphatic carbocycles. The molecule has 7 nitrogen and oxygen atoms in total. The van der Waals surface area contributed by atoms with E-state index in [1.807, 2.05) is 0 Å². The molecule has 1 aromatic rings. The maximum Gasteiger partial charge on any atom is 0.322 e. The minimum atomic E-state index is -3.99. The maximum atomic E-state index is 13.0. The summed E-state index contributed by atoms with van der Waals surface area (Å²) in [4.78, 5) is 11.5. The Labute approximate surface area is 141 Å². The molecule has 0 amide bonds. The van der Waals surface area contributed by atoms with Crippen LogP contribution in [0.5, 0.6) is 0 Å². The molecular formula is C15H19NO6S2. The molecular weight excluding hydrogens is 354 g/mol. The van der Waals surface area contributed by atoms with Gasteiger partial charge in [0.25, 0.3) is 0 Å². The van der Waals surface area contributed by atoms with E-state index in [0.717, 1.165) is 23.4 Å². The molecule has 1 aromatic carbocycles. The van der Waals surface area contributed by atoms with Crippen molar-refractivity contribution in [3.05, 3.63) is 24.3 Å². The van der Waals surface area contributed by atoms with Crippen LogP contribution in [0, 0.1) is 5.92 Å². The van der Waals surface area contributed by atoms with Gasteiger partial charge in [0.2, 0.25) is 10.0 Å². The SMILES string of the molecule is CS(=O)(=O)c1ccc(S(=O)(=O)N2[C@@H](C(=O)O)C[C@H]3CCC[C@H]32)cc1. The lowest BCUT2D eigenvalue weighted by molar-refractivity contribution is -0.141. The molecule has 1 saturated carbocycles. The van der Waals surface area contributed by atoms with Gasteiger partial charge < -0.3 is 5.11 Å². The molecule has 0 radical (unpaired) electrons. The molecule has 1 saturated heterocycles. The van der Waals surface area contributed by atoms with Gasteiger partial charge in [-0.05, 0) is 49.4 Å². The van der Waals surface area contributed by atoms with Crippen molar-refractivity contribution >= 4 is 25.8 Å². The highest BCUT2D eigenvalue weighted by Crippen LogP contribution is 2.44. The van der Waals surface area contributed by atoms with Crippen LogP contribution in [-0.4, -0.2) is 50.6 Å². The van der Waals surface area contributed by atoms with Crippen LogP contribution in [0.15, 0.2) is 34.1 Å². The van der Waals surface area contributed by atoms with Crippen LogP contribution in [-0.2, 0) is 24.7 Å². The molecule has 1 heterocycles. The van der Waals surface area contributed by atoms with Crippen LogP contribution in [0.3, 0.4) is 0 Å². The number of carbonyl (C=O) groups is 1. The molecule has 24 heavy (non-hydrogen) atoms. The summed E-state index contributed by atoms with van der Waals surface area (Å²) in [6.45, 7) is 0. The van der Waals surface area contributed by atoms with Crippen molar-refractivity contribution in [1.82, 2.24) is 4.31 Å². The maximum absolute atomic E-state index is 13.0. The molecule has 2 fully saturated rings. The van der Waals surface area contributed by atoms with Crippen molar-refractivity contribution < 1.29 is 26.7 Å². The van der Waals surface area contributed by atoms with Crippen LogP contribution in [0.1, 0.15) is 25.7 Å². The Morgan fingerprint density at radius 3 is 2.21 bits per heavy atom. The van der Waals surface area contributed by atoms with Gasteiger partial charge in [0, 0.05) is 12.3 Å². The third-order valence-electron chi connectivity index (χ3n) is 4.89. The molecule has 0 unspecified atom stereocenters. The first-order valence-electron chi connectivity index (χ1n) is 7.69. The molecule has 3 rings (SSSR count). The van der Waals surface area contributed by atoms with Gasteiger partial charge in [0.05, 0.1) is 9.79 Å². The van der Waals surface area contributed by atoms with Crippen molar-refractivity contribution in [3.8, 4) is 0 Å². The second kappa shape index (κ2) is 5.82. The monoisotopic (exact) mass is 373 g/mol. The van der Waals surface area contributed by atoms with Crippen LogP contribution in [0.2, 0.25) is 0 Å². The minimum Gasteiger partial charge on any atom is -0.480 e. The van der Waals surface area contributed by atoms with E-state index in [2.05, 4.69) is 0 Å². The molecule has 1 N–H and O–H groups in total. The number of nitrogens with zero attached hydrogens (tertiary/aromatic N) is 1. The van der Waals surface area contributed by atoms with E-state index in [9.17, 15) is 26.7 Å². The molecule has 0 aromatic heterocycles. The molecule has 0 spiro atoms. The van der Waals surface area contributed by atoms with E-state index >= 15 is 0 Å². The average Bonchev–Trinajstić information content (AvgIpc) is 3.06. The number of carboxylic acids is 1. The second-order valence-electron chi connectivity index (χ2n) is 6.43. The summed E-state index contributed by atoms with van der Waals surface area (Å²) in [5.74, 6) is -1.06. The lowest BCUT2D eigenvalue weighted by atomic mass is 10.0. The van der Waals surface area contributed by atoms with Crippen molar-refractivity contribution in [2.45, 2.75) is 47.6 Å². The quantitative estimate of drug-likeness (QED) is 0.847. The number of rotatable bonds is 4. The standard InChI is InChI=1S/C15H19NO6S2/c1-23(19,20)11-5-7-12(8-6-11)24(21,22)16-13-4-2-3-10(13)9-14(16)15(17)18/h5-8,10,13-14H,2-4,9H2,1H3,(H,17,18)/t10-,13-,14-/m1/s1. The summed E-state index contributed by atoms with van der Waals surface area (Å²) < 4.78 is 50.1. The third kappa shape index (κ3) is 2.84. The van der Waals surface area contributed by atoms with E-state index in [-0.39, 0.29) is 21.8 Å². The Balaban J connectivity index is 2.01. The predicted molar refractivity (Wildman–Crippen MR) is 85.7 cm³/mol. The summed E-state index contributed by atoms with van der Waals surface area (Å²) in [6.07, 6.45) is 3.77. The number of fused-ring (bicyclic) bond motifs is 1. The number of benzene rings is 1. The van der Waals surface area contributed by atoms with Gasteiger partial charge in [-0.3, -0.25) is 4.79 Å². The second-order valence-corrected chi connectivity index (χ2v) is 10.3. The fourth-order valence-corrected chi connectivity index (χ4v) is 6.28. The van der Waals surface area contributed by atoms with Crippen LogP contribution in [0.25, 0.3) is 0 Å². The summed E-state index contributed by atoms with van der Waals surface area (Å²) in [5.41, 5.74) is 0. The Bertz CT molecular complexity index is 860. The fraction of sp³-hybridized carbons (Fsp3) is 0.533. The van der Waals surface area contributed by atoms with Crippen molar-refractivity contribution in [2.24, 2.45) is 5.92 Å². The fourth-order valence-electron chi connectivity index (χ4n) is 3.78. The van der Waals surface area contributed by atoms with Gasteiger partial charge in [-0.2, -0.15) is 4.31 Å². The summed E-state index contributed by atoms with van der Waals surface area (Å²) in [7, 11) is -7.42. The molecule has 1 aliphatic heterocycles. The zero-order valence-corrected chi connectivity index (χ0v) is 14.8. The first kappa shape index (κ1) is 17.4. The Hall–Kier alpha value is -1.45. The number of sulfone groups is 1. The largest absolute Gasteiger partial charge is 0.480 e. The van der Waals surface area contributed by atoms with Crippen LogP contribution < -0.4 is 0 Å². The third-order valence-corrected chi connectivity index (χ3v) is 7.97. The van der Waals surface area contributed by atoms with Gasteiger partial charge in [-0.15, -0.1) is 0 Å². The number of hydrogen-bond acceptors (Lipinski definition) is 5. The molecule has 0 bridgehead atoms. The van der Waals surface area contributed by atoms with Crippen molar-refractivity contribution in [2.75, 3.05) is 6.26 Å². The number of carboxylic acid groups (broad SMARTS) is 1. The lowest BCUT2D eigenvalue weighted by Crippen LogP contribution is -2.44. The van der Waals surface area contributed by atoms with E-state index < -0.39 is 31.9 Å². The smallest absolute Gasteiger partial charge is 0.322 e. The molecule has 9 heteroatoms. The minimum absolute atomic E-state index is 0.0244. The van der Waals surface area contributed by atoms with Gasteiger partial charge in [0.1, 0.15) is 6.04 Å². The van der Waals surface area contributed by atoms with E-state index in [1.165, 1.54) is 24.3 Å². The van der Waals surface area contributed by atoms with E-state index in [1.54, 1.807) is 0 Å². The first-order valence-corrected chi connectivity index (χ1v) is 11.0. The predicted octanol–water partition coefficient (Wildman–Crippen LogP) is 1.11. The highest BCUT2D eigenvalue weighted by molar-refractivity contribution is 7.90. The van der Waals surface area contributed by atoms with Crippen molar-refractivity contribution in [1.29, 1.82) is 0 Å². The summed E-state index contributed by atoms with van der Waals surface area (Å²) >= 11 is 0. The normalized spacial score (nSPS) is 28.0. The van der Waals surface area contributed by atoms with Gasteiger partial charge >= 0.3 is 5.97 Å².